The van der Waals surface area contributed by atoms with Gasteiger partial charge in [-0.25, -0.2) is 8.42 Å². The van der Waals surface area contributed by atoms with Crippen LogP contribution in [0.4, 0.5) is 0 Å². The summed E-state index contributed by atoms with van der Waals surface area (Å²) in [5.41, 5.74) is 0.180. The van der Waals surface area contributed by atoms with Crippen molar-refractivity contribution in [3.63, 3.8) is 0 Å². The lowest BCUT2D eigenvalue weighted by atomic mass is 10.1. The van der Waals surface area contributed by atoms with E-state index in [0.717, 1.165) is 19.3 Å². The van der Waals surface area contributed by atoms with Crippen LogP contribution in [0.3, 0.4) is 0 Å². The molecular weight excluding hydrogens is 302 g/mol. The van der Waals surface area contributed by atoms with Crippen LogP contribution in [0.2, 0.25) is 0 Å². The van der Waals surface area contributed by atoms with Gasteiger partial charge in [0.1, 0.15) is 4.90 Å². The highest BCUT2D eigenvalue weighted by atomic mass is 35.7. The highest BCUT2D eigenvalue weighted by Crippen LogP contribution is 2.27. The fourth-order valence-corrected chi connectivity index (χ4v) is 3.18. The largest absolute Gasteiger partial charge is 0.351 e. The summed E-state index contributed by atoms with van der Waals surface area (Å²) in [5.74, 6) is -0.656. The second-order valence-electron chi connectivity index (χ2n) is 4.87. The van der Waals surface area contributed by atoms with Crippen molar-refractivity contribution in [2.75, 3.05) is 6.54 Å². The van der Waals surface area contributed by atoms with Crippen molar-refractivity contribution in [2.45, 2.75) is 50.8 Å². The monoisotopic (exact) mass is 321 g/mol. The lowest BCUT2D eigenvalue weighted by Crippen LogP contribution is -2.26. The van der Waals surface area contributed by atoms with Gasteiger partial charge in [-0.05, 0) is 12.3 Å². The average Bonchev–Trinajstić information content (AvgIpc) is 2.79. The number of carbonyl (C=O) groups excluding carboxylic acids is 1. The number of rotatable bonds is 7. The number of unbranched alkanes of at least 4 members (excludes halogenated alkanes) is 2. The van der Waals surface area contributed by atoms with Crippen LogP contribution in [-0.4, -0.2) is 31.1 Å². The normalized spacial score (nSPS) is 11.8. The molecule has 1 amide bonds. The Morgan fingerprint density at radius 3 is 2.55 bits per heavy atom. The van der Waals surface area contributed by atoms with Gasteiger partial charge in [-0.2, -0.15) is 5.10 Å². The highest BCUT2D eigenvalue weighted by Gasteiger charge is 2.29. The minimum atomic E-state index is -4.03. The second kappa shape index (κ2) is 7.08. The van der Waals surface area contributed by atoms with E-state index in [9.17, 15) is 13.2 Å². The fraction of sp³-hybridized carbons (Fsp3) is 0.667. The maximum atomic E-state index is 12.0. The van der Waals surface area contributed by atoms with Gasteiger partial charge in [-0.3, -0.25) is 9.89 Å². The van der Waals surface area contributed by atoms with Crippen molar-refractivity contribution in [2.24, 2.45) is 0 Å². The Hall–Kier alpha value is -1.08. The van der Waals surface area contributed by atoms with Gasteiger partial charge in [0.25, 0.3) is 15.0 Å². The van der Waals surface area contributed by atoms with Crippen molar-refractivity contribution in [3.8, 4) is 0 Å². The molecule has 0 saturated heterocycles. The Balaban J connectivity index is 2.98. The van der Waals surface area contributed by atoms with E-state index in [0.29, 0.717) is 12.2 Å². The molecule has 0 aromatic carbocycles. The number of aromatic amines is 1. The third-order valence-corrected chi connectivity index (χ3v) is 4.21. The molecule has 6 nitrogen and oxygen atoms in total. The van der Waals surface area contributed by atoms with E-state index in [1.165, 1.54) is 0 Å². The molecule has 8 heteroatoms. The zero-order chi connectivity index (χ0) is 15.3. The quantitative estimate of drug-likeness (QED) is 0.595. The van der Waals surface area contributed by atoms with Crippen molar-refractivity contribution in [1.82, 2.24) is 15.5 Å². The lowest BCUT2D eigenvalue weighted by molar-refractivity contribution is 0.0944. The first-order valence-electron chi connectivity index (χ1n) is 6.60. The molecule has 0 atom stereocenters. The average molecular weight is 322 g/mol. The molecule has 0 aliphatic carbocycles. The Morgan fingerprint density at radius 2 is 2.05 bits per heavy atom. The van der Waals surface area contributed by atoms with Crippen molar-refractivity contribution in [3.05, 3.63) is 11.4 Å². The number of amides is 1. The molecule has 0 aliphatic rings. The minimum absolute atomic E-state index is 0.132. The predicted molar refractivity (Wildman–Crippen MR) is 77.6 cm³/mol. The number of carbonyl (C=O) groups is 1. The number of halogens is 1. The maximum absolute atomic E-state index is 12.0. The summed E-state index contributed by atoms with van der Waals surface area (Å²) < 4.78 is 23.3. The fourth-order valence-electron chi connectivity index (χ4n) is 1.80. The van der Waals surface area contributed by atoms with Crippen LogP contribution in [0.15, 0.2) is 4.90 Å². The summed E-state index contributed by atoms with van der Waals surface area (Å²) in [7, 11) is 1.39. The third-order valence-electron chi connectivity index (χ3n) is 2.85. The standard InChI is InChI=1S/C12H20ClN3O3S/c1-4-5-6-7-14-12(17)10-11(20(13,18)19)9(8(2)3)15-16-10/h8H,4-7H2,1-3H3,(H,14,17)(H,15,16). The second-order valence-corrected chi connectivity index (χ2v) is 7.37. The molecule has 1 heterocycles. The Labute approximate surface area is 123 Å². The molecule has 0 saturated carbocycles. The zero-order valence-electron chi connectivity index (χ0n) is 11.9. The Bertz CT molecular complexity index is 567. The predicted octanol–water partition coefficient (Wildman–Crippen LogP) is 2.38. The summed E-state index contributed by atoms with van der Waals surface area (Å²) in [5, 5.41) is 9.04. The number of H-pyrrole nitrogens is 1. The van der Waals surface area contributed by atoms with Crippen LogP contribution in [0, 0.1) is 0 Å². The molecule has 0 aliphatic heterocycles. The molecule has 1 aromatic rings. The molecule has 0 radical (unpaired) electrons. The van der Waals surface area contributed by atoms with E-state index in [4.69, 9.17) is 10.7 Å². The van der Waals surface area contributed by atoms with E-state index in [-0.39, 0.29) is 16.5 Å². The van der Waals surface area contributed by atoms with Crippen molar-refractivity contribution in [1.29, 1.82) is 0 Å². The SMILES string of the molecule is CCCCCNC(=O)c1n[nH]c(C(C)C)c1S(=O)(=O)Cl. The Kier molecular flexibility index (Phi) is 6.01. The lowest BCUT2D eigenvalue weighted by Gasteiger charge is -2.06. The van der Waals surface area contributed by atoms with E-state index in [1.54, 1.807) is 13.8 Å². The van der Waals surface area contributed by atoms with E-state index < -0.39 is 15.0 Å². The number of hydrogen-bond acceptors (Lipinski definition) is 4. The molecule has 20 heavy (non-hydrogen) atoms. The molecular formula is C12H20ClN3O3S. The summed E-state index contributed by atoms with van der Waals surface area (Å²) in [6, 6.07) is 0. The van der Waals surface area contributed by atoms with Gasteiger partial charge in [-0.1, -0.05) is 33.6 Å². The van der Waals surface area contributed by atoms with Gasteiger partial charge in [0.05, 0.1) is 5.69 Å². The molecule has 0 spiro atoms. The smallest absolute Gasteiger partial charge is 0.273 e. The summed E-state index contributed by atoms with van der Waals surface area (Å²) in [6.07, 6.45) is 2.88. The molecule has 1 rings (SSSR count). The van der Waals surface area contributed by atoms with Crippen molar-refractivity contribution < 1.29 is 13.2 Å². The van der Waals surface area contributed by atoms with Gasteiger partial charge in [0.15, 0.2) is 5.69 Å². The van der Waals surface area contributed by atoms with Gasteiger partial charge in [-0.15, -0.1) is 0 Å². The number of aromatic nitrogens is 2. The zero-order valence-corrected chi connectivity index (χ0v) is 13.4. The summed E-state index contributed by atoms with van der Waals surface area (Å²) >= 11 is 0. The molecule has 0 fully saturated rings. The van der Waals surface area contributed by atoms with Crippen LogP contribution in [-0.2, 0) is 9.05 Å². The first-order chi connectivity index (χ1) is 9.29. The molecule has 2 N–H and O–H groups in total. The number of hydrogen-bond donors (Lipinski definition) is 2. The summed E-state index contributed by atoms with van der Waals surface area (Å²) in [4.78, 5) is 11.8. The van der Waals surface area contributed by atoms with Crippen molar-refractivity contribution >= 4 is 25.6 Å². The van der Waals surface area contributed by atoms with Gasteiger partial charge >= 0.3 is 0 Å². The third kappa shape index (κ3) is 4.21. The van der Waals surface area contributed by atoms with Gasteiger partial charge < -0.3 is 5.32 Å². The molecule has 0 bridgehead atoms. The van der Waals surface area contributed by atoms with Gasteiger partial charge in [0.2, 0.25) is 0 Å². The molecule has 114 valence electrons. The maximum Gasteiger partial charge on any atom is 0.273 e. The van der Waals surface area contributed by atoms with Crippen LogP contribution >= 0.6 is 10.7 Å². The molecule has 0 unspecified atom stereocenters. The Morgan fingerprint density at radius 1 is 1.40 bits per heavy atom. The number of nitrogens with zero attached hydrogens (tertiary/aromatic N) is 1. The van der Waals surface area contributed by atoms with E-state index >= 15 is 0 Å². The first kappa shape index (κ1) is 17.0. The van der Waals surface area contributed by atoms with E-state index in [1.807, 2.05) is 0 Å². The molecule has 1 aromatic heterocycles. The van der Waals surface area contributed by atoms with Gasteiger partial charge in [0, 0.05) is 17.2 Å². The van der Waals surface area contributed by atoms with Crippen LogP contribution < -0.4 is 5.32 Å². The highest BCUT2D eigenvalue weighted by molar-refractivity contribution is 8.13. The topological polar surface area (TPSA) is 91.9 Å². The first-order valence-corrected chi connectivity index (χ1v) is 8.91. The number of nitrogens with one attached hydrogen (secondary N) is 2. The van der Waals surface area contributed by atoms with Crippen LogP contribution in [0.1, 0.15) is 62.1 Å². The van der Waals surface area contributed by atoms with Crippen LogP contribution in [0.5, 0.6) is 0 Å². The minimum Gasteiger partial charge on any atom is -0.351 e. The van der Waals surface area contributed by atoms with E-state index in [2.05, 4.69) is 22.4 Å². The summed E-state index contributed by atoms with van der Waals surface area (Å²) in [6.45, 7) is 6.13. The van der Waals surface area contributed by atoms with Crippen LogP contribution in [0.25, 0.3) is 0 Å².